The van der Waals surface area contributed by atoms with Gasteiger partial charge in [-0.2, -0.15) is 0 Å². The van der Waals surface area contributed by atoms with Gasteiger partial charge in [-0.1, -0.05) is 23.8 Å². The van der Waals surface area contributed by atoms with Crippen molar-refractivity contribution in [1.82, 2.24) is 10.6 Å². The maximum absolute atomic E-state index is 11.2. The van der Waals surface area contributed by atoms with Crippen LogP contribution in [0.4, 0.5) is 5.69 Å². The van der Waals surface area contributed by atoms with Crippen LogP contribution in [0.3, 0.4) is 0 Å². The Morgan fingerprint density at radius 3 is 2.84 bits per heavy atom. The molecular formula is C20H30N4O. The Morgan fingerprint density at radius 2 is 2.12 bits per heavy atom. The van der Waals surface area contributed by atoms with E-state index in [2.05, 4.69) is 33.9 Å². The lowest BCUT2D eigenvalue weighted by Crippen LogP contribution is -2.37. The van der Waals surface area contributed by atoms with Gasteiger partial charge in [0.25, 0.3) is 0 Å². The maximum atomic E-state index is 11.2. The molecule has 1 aliphatic rings. The molecule has 0 spiro atoms. The summed E-state index contributed by atoms with van der Waals surface area (Å²) in [6, 6.07) is 7.80. The molecular weight excluding hydrogens is 312 g/mol. The number of amides is 1. The van der Waals surface area contributed by atoms with E-state index in [9.17, 15) is 4.79 Å². The minimum atomic E-state index is -0.0623. The van der Waals surface area contributed by atoms with Gasteiger partial charge in [-0.25, -0.2) is 4.99 Å². The number of carbonyl (C=O) groups is 1. The minimum absolute atomic E-state index is 0.0623. The molecule has 1 aliphatic carbocycles. The third-order valence-electron chi connectivity index (χ3n) is 4.13. The number of hydrogen-bond donors (Lipinski definition) is 3. The average Bonchev–Trinajstić information content (AvgIpc) is 2.60. The van der Waals surface area contributed by atoms with Crippen molar-refractivity contribution in [2.24, 2.45) is 4.99 Å². The van der Waals surface area contributed by atoms with E-state index in [1.807, 2.05) is 24.3 Å². The number of allylic oxidation sites excluding steroid dienone is 1. The number of guanidine groups is 1. The molecule has 2 rings (SSSR count). The van der Waals surface area contributed by atoms with Crippen LogP contribution in [0.5, 0.6) is 0 Å². The Balaban J connectivity index is 1.87. The summed E-state index contributed by atoms with van der Waals surface area (Å²) in [6.07, 6.45) is 8.60. The lowest BCUT2D eigenvalue weighted by molar-refractivity contribution is -0.114. The average molecular weight is 342 g/mol. The van der Waals surface area contributed by atoms with E-state index in [0.717, 1.165) is 36.7 Å². The van der Waals surface area contributed by atoms with E-state index in [1.165, 1.54) is 32.6 Å². The van der Waals surface area contributed by atoms with E-state index in [1.54, 1.807) is 5.57 Å². The Morgan fingerprint density at radius 1 is 1.24 bits per heavy atom. The Kier molecular flexibility index (Phi) is 8.02. The highest BCUT2D eigenvalue weighted by atomic mass is 16.1. The zero-order chi connectivity index (χ0) is 17.9. The molecule has 3 N–H and O–H groups in total. The smallest absolute Gasteiger partial charge is 0.221 e. The molecule has 1 aromatic carbocycles. The largest absolute Gasteiger partial charge is 0.357 e. The molecule has 5 heteroatoms. The minimum Gasteiger partial charge on any atom is -0.357 e. The number of nitrogens with zero attached hydrogens (tertiary/aromatic N) is 1. The molecule has 0 unspecified atom stereocenters. The van der Waals surface area contributed by atoms with Gasteiger partial charge in [0.1, 0.15) is 0 Å². The zero-order valence-electron chi connectivity index (χ0n) is 15.4. The Labute approximate surface area is 151 Å². The summed E-state index contributed by atoms with van der Waals surface area (Å²) in [6.45, 7) is 5.90. The van der Waals surface area contributed by atoms with Crippen LogP contribution in [0.15, 0.2) is 40.9 Å². The summed E-state index contributed by atoms with van der Waals surface area (Å²) >= 11 is 0. The van der Waals surface area contributed by atoms with E-state index in [4.69, 9.17) is 0 Å². The molecule has 0 aromatic heterocycles. The summed E-state index contributed by atoms with van der Waals surface area (Å²) in [5.74, 6) is 0.775. The number of aliphatic imine (C=N–C) groups is 1. The molecule has 0 saturated heterocycles. The molecule has 136 valence electrons. The fraction of sp³-hybridized carbons (Fsp3) is 0.500. The molecule has 1 aromatic rings. The summed E-state index contributed by atoms with van der Waals surface area (Å²) in [5.41, 5.74) is 3.44. The quantitative estimate of drug-likeness (QED) is 0.403. The van der Waals surface area contributed by atoms with Crippen LogP contribution in [0.25, 0.3) is 0 Å². The van der Waals surface area contributed by atoms with Gasteiger partial charge in [0, 0.05) is 25.7 Å². The van der Waals surface area contributed by atoms with Gasteiger partial charge >= 0.3 is 0 Å². The summed E-state index contributed by atoms with van der Waals surface area (Å²) in [4.78, 5) is 15.8. The first-order valence-corrected chi connectivity index (χ1v) is 9.24. The number of benzene rings is 1. The lowest BCUT2D eigenvalue weighted by Gasteiger charge is -2.15. The van der Waals surface area contributed by atoms with Crippen LogP contribution in [-0.4, -0.2) is 25.0 Å². The fourth-order valence-corrected chi connectivity index (χ4v) is 2.94. The van der Waals surface area contributed by atoms with Gasteiger partial charge in [0.2, 0.25) is 5.91 Å². The molecule has 0 radical (unpaired) electrons. The van der Waals surface area contributed by atoms with Crippen LogP contribution in [0, 0.1) is 0 Å². The first-order chi connectivity index (χ1) is 12.2. The molecule has 0 saturated carbocycles. The number of carbonyl (C=O) groups excluding carboxylic acids is 1. The van der Waals surface area contributed by atoms with Crippen molar-refractivity contribution >= 4 is 17.6 Å². The van der Waals surface area contributed by atoms with E-state index < -0.39 is 0 Å². The van der Waals surface area contributed by atoms with Crippen molar-refractivity contribution in [2.45, 2.75) is 52.5 Å². The number of nitrogens with one attached hydrogen (secondary N) is 3. The van der Waals surface area contributed by atoms with Crippen molar-refractivity contribution < 1.29 is 4.79 Å². The van der Waals surface area contributed by atoms with Crippen LogP contribution in [0.2, 0.25) is 0 Å². The third-order valence-corrected chi connectivity index (χ3v) is 4.13. The van der Waals surface area contributed by atoms with Crippen LogP contribution in [0.1, 0.15) is 51.5 Å². The molecule has 0 heterocycles. The molecule has 1 amide bonds. The summed E-state index contributed by atoms with van der Waals surface area (Å²) in [5, 5.41) is 9.50. The normalized spacial score (nSPS) is 14.6. The second-order valence-corrected chi connectivity index (χ2v) is 6.36. The van der Waals surface area contributed by atoms with Crippen molar-refractivity contribution in [3.8, 4) is 0 Å². The van der Waals surface area contributed by atoms with Gasteiger partial charge in [-0.3, -0.25) is 4.79 Å². The van der Waals surface area contributed by atoms with E-state index >= 15 is 0 Å². The highest BCUT2D eigenvalue weighted by Crippen LogP contribution is 2.19. The maximum Gasteiger partial charge on any atom is 0.221 e. The molecule has 0 aliphatic heterocycles. The van der Waals surface area contributed by atoms with E-state index in [0.29, 0.717) is 6.54 Å². The van der Waals surface area contributed by atoms with E-state index in [-0.39, 0.29) is 5.91 Å². The second-order valence-electron chi connectivity index (χ2n) is 6.36. The van der Waals surface area contributed by atoms with Gasteiger partial charge < -0.3 is 16.0 Å². The molecule has 25 heavy (non-hydrogen) atoms. The predicted octanol–water partition coefficient (Wildman–Crippen LogP) is 3.59. The van der Waals surface area contributed by atoms with Gasteiger partial charge in [-0.05, 0) is 56.7 Å². The third kappa shape index (κ3) is 7.42. The van der Waals surface area contributed by atoms with Crippen LogP contribution < -0.4 is 16.0 Å². The van der Waals surface area contributed by atoms with Crippen molar-refractivity contribution in [1.29, 1.82) is 0 Å². The highest BCUT2D eigenvalue weighted by molar-refractivity contribution is 5.88. The fourth-order valence-electron chi connectivity index (χ4n) is 2.94. The number of rotatable bonds is 7. The number of hydrogen-bond acceptors (Lipinski definition) is 2. The van der Waals surface area contributed by atoms with Crippen LogP contribution in [-0.2, 0) is 11.3 Å². The first kappa shape index (κ1) is 19.0. The standard InChI is InChI=1S/C20H30N4O/c1-3-21-20(22-13-12-17-8-5-4-6-9-17)23-15-18-10-7-11-19(14-18)24-16(2)25/h7-8,10-11,14H,3-6,9,12-13,15H2,1-2H3,(H,24,25)(H2,21,22,23). The highest BCUT2D eigenvalue weighted by Gasteiger charge is 2.04. The number of anilines is 1. The van der Waals surface area contributed by atoms with Gasteiger partial charge in [0.05, 0.1) is 6.54 Å². The van der Waals surface area contributed by atoms with Crippen LogP contribution >= 0.6 is 0 Å². The van der Waals surface area contributed by atoms with Crippen molar-refractivity contribution in [3.63, 3.8) is 0 Å². The Bertz CT molecular complexity index is 622. The predicted molar refractivity (Wildman–Crippen MR) is 105 cm³/mol. The van der Waals surface area contributed by atoms with Gasteiger partial charge in [0.15, 0.2) is 5.96 Å². The summed E-state index contributed by atoms with van der Waals surface area (Å²) < 4.78 is 0. The molecule has 0 bridgehead atoms. The monoisotopic (exact) mass is 342 g/mol. The molecule has 0 fully saturated rings. The topological polar surface area (TPSA) is 65.5 Å². The molecule has 0 atom stereocenters. The Hall–Kier alpha value is -2.30. The summed E-state index contributed by atoms with van der Waals surface area (Å²) in [7, 11) is 0. The van der Waals surface area contributed by atoms with Gasteiger partial charge in [-0.15, -0.1) is 0 Å². The second kappa shape index (κ2) is 10.5. The SMILES string of the molecule is CCNC(=NCc1cccc(NC(C)=O)c1)NCCC1=CCCCC1. The first-order valence-electron chi connectivity index (χ1n) is 9.24. The zero-order valence-corrected chi connectivity index (χ0v) is 15.4. The molecule has 5 nitrogen and oxygen atoms in total. The van der Waals surface area contributed by atoms with Crippen molar-refractivity contribution in [3.05, 3.63) is 41.5 Å². The lowest BCUT2D eigenvalue weighted by atomic mass is 9.97. The van der Waals surface area contributed by atoms with Crippen molar-refractivity contribution in [2.75, 3.05) is 18.4 Å².